The Morgan fingerprint density at radius 1 is 0.966 bits per heavy atom. The van der Waals surface area contributed by atoms with Crippen molar-refractivity contribution >= 4 is 17.5 Å². The largest absolute Gasteiger partial charge is 0.353 e. The highest BCUT2D eigenvalue weighted by atomic mass is 19.2. The summed E-state index contributed by atoms with van der Waals surface area (Å²) in [6.45, 7) is 2.21. The molecule has 1 saturated heterocycles. The van der Waals surface area contributed by atoms with Gasteiger partial charge in [-0.2, -0.15) is 0 Å². The van der Waals surface area contributed by atoms with Crippen LogP contribution in [0.2, 0.25) is 0 Å². The number of pyridine rings is 2. The summed E-state index contributed by atoms with van der Waals surface area (Å²) < 4.78 is 27.6. The molecule has 0 atom stereocenters. The molecule has 4 rings (SSSR count). The van der Waals surface area contributed by atoms with Gasteiger partial charge in [0.2, 0.25) is 0 Å². The third kappa shape index (κ3) is 4.16. The quantitative estimate of drug-likeness (QED) is 0.733. The van der Waals surface area contributed by atoms with Crippen LogP contribution in [0.15, 0.2) is 60.9 Å². The predicted octanol–water partition coefficient (Wildman–Crippen LogP) is 3.78. The van der Waals surface area contributed by atoms with E-state index in [2.05, 4.69) is 15.3 Å². The minimum Gasteiger partial charge on any atom is -0.353 e. The van der Waals surface area contributed by atoms with Crippen LogP contribution in [-0.2, 0) is 0 Å². The Morgan fingerprint density at radius 2 is 1.76 bits per heavy atom. The molecule has 0 unspecified atom stereocenters. The van der Waals surface area contributed by atoms with Crippen LogP contribution < -0.4 is 10.2 Å². The SMILES string of the molecule is O=C(Nc1cccnc1)N1CCN(c2cccc(-c3cccc(F)c3F)n2)CC1. The number of carbonyl (C=O) groups excluding carboxylic acids is 1. The summed E-state index contributed by atoms with van der Waals surface area (Å²) in [6.07, 6.45) is 3.24. The molecule has 3 heterocycles. The first-order chi connectivity index (χ1) is 14.1. The van der Waals surface area contributed by atoms with Crippen molar-refractivity contribution in [1.29, 1.82) is 0 Å². The molecular weight excluding hydrogens is 376 g/mol. The molecule has 0 bridgehead atoms. The number of hydrogen-bond acceptors (Lipinski definition) is 4. The maximum Gasteiger partial charge on any atom is 0.322 e. The van der Waals surface area contributed by atoms with Gasteiger partial charge in [-0.25, -0.2) is 18.6 Å². The van der Waals surface area contributed by atoms with Crippen molar-refractivity contribution in [3.63, 3.8) is 0 Å². The fourth-order valence-corrected chi connectivity index (χ4v) is 3.23. The minimum absolute atomic E-state index is 0.126. The molecule has 6 nitrogen and oxygen atoms in total. The molecule has 1 aliphatic heterocycles. The van der Waals surface area contributed by atoms with E-state index in [1.54, 1.807) is 41.6 Å². The second-order valence-corrected chi connectivity index (χ2v) is 6.63. The number of nitrogens with zero attached hydrogens (tertiary/aromatic N) is 4. The number of urea groups is 1. The lowest BCUT2D eigenvalue weighted by molar-refractivity contribution is 0.208. The zero-order chi connectivity index (χ0) is 20.2. The van der Waals surface area contributed by atoms with Crippen molar-refractivity contribution < 1.29 is 13.6 Å². The molecule has 29 heavy (non-hydrogen) atoms. The molecule has 8 heteroatoms. The van der Waals surface area contributed by atoms with Crippen LogP contribution in [0, 0.1) is 11.6 Å². The third-order valence-corrected chi connectivity index (χ3v) is 4.77. The molecule has 1 aliphatic rings. The summed E-state index contributed by atoms with van der Waals surface area (Å²) in [5, 5.41) is 2.82. The van der Waals surface area contributed by atoms with Gasteiger partial charge in [0.1, 0.15) is 5.82 Å². The number of piperazine rings is 1. The van der Waals surface area contributed by atoms with E-state index in [0.29, 0.717) is 43.4 Å². The van der Waals surface area contributed by atoms with Crippen LogP contribution in [0.4, 0.5) is 25.1 Å². The number of nitrogens with one attached hydrogen (secondary N) is 1. The Kier molecular flexibility index (Phi) is 5.33. The zero-order valence-electron chi connectivity index (χ0n) is 15.6. The molecular formula is C21H19F2N5O. The molecule has 1 fully saturated rings. The molecule has 1 N–H and O–H groups in total. The average Bonchev–Trinajstić information content (AvgIpc) is 2.76. The van der Waals surface area contributed by atoms with E-state index < -0.39 is 11.6 Å². The lowest BCUT2D eigenvalue weighted by Crippen LogP contribution is -2.50. The predicted molar refractivity (Wildman–Crippen MR) is 107 cm³/mol. The number of amides is 2. The van der Waals surface area contributed by atoms with E-state index in [1.165, 1.54) is 12.1 Å². The first-order valence-electron chi connectivity index (χ1n) is 9.24. The van der Waals surface area contributed by atoms with Crippen LogP contribution in [-0.4, -0.2) is 47.1 Å². The van der Waals surface area contributed by atoms with E-state index in [9.17, 15) is 13.6 Å². The van der Waals surface area contributed by atoms with Crippen LogP contribution in [0.25, 0.3) is 11.3 Å². The highest BCUT2D eigenvalue weighted by Crippen LogP contribution is 2.25. The van der Waals surface area contributed by atoms with Crippen molar-refractivity contribution in [3.8, 4) is 11.3 Å². The van der Waals surface area contributed by atoms with Crippen molar-refractivity contribution in [1.82, 2.24) is 14.9 Å². The molecule has 0 saturated carbocycles. The number of rotatable bonds is 3. The summed E-state index contributed by atoms with van der Waals surface area (Å²) in [7, 11) is 0. The Morgan fingerprint density at radius 3 is 2.52 bits per heavy atom. The second-order valence-electron chi connectivity index (χ2n) is 6.63. The number of hydrogen-bond donors (Lipinski definition) is 1. The summed E-state index contributed by atoms with van der Waals surface area (Å²) in [5.41, 5.74) is 1.14. The molecule has 0 spiro atoms. The Hall–Kier alpha value is -3.55. The lowest BCUT2D eigenvalue weighted by atomic mass is 10.1. The highest BCUT2D eigenvalue weighted by molar-refractivity contribution is 5.89. The standard InChI is InChI=1S/C21H19F2N5O/c22-17-6-1-5-16(20(17)23)18-7-2-8-19(26-18)27-10-12-28(13-11-27)21(29)25-15-4-3-9-24-14-15/h1-9,14H,10-13H2,(H,25,29). The maximum atomic E-state index is 14.1. The van der Waals surface area contributed by atoms with Crippen LogP contribution in [0.3, 0.4) is 0 Å². The number of aromatic nitrogens is 2. The van der Waals surface area contributed by atoms with Gasteiger partial charge < -0.3 is 15.1 Å². The van der Waals surface area contributed by atoms with Crippen LogP contribution >= 0.6 is 0 Å². The average molecular weight is 395 g/mol. The van der Waals surface area contributed by atoms with E-state index in [4.69, 9.17) is 0 Å². The monoisotopic (exact) mass is 395 g/mol. The summed E-state index contributed by atoms with van der Waals surface area (Å²) in [6, 6.07) is 12.6. The van der Waals surface area contributed by atoms with E-state index in [1.807, 2.05) is 11.0 Å². The number of carbonyl (C=O) groups is 1. The molecule has 148 valence electrons. The lowest BCUT2D eigenvalue weighted by Gasteiger charge is -2.35. The van der Waals surface area contributed by atoms with Crippen molar-refractivity contribution in [3.05, 3.63) is 72.6 Å². The molecule has 1 aromatic carbocycles. The maximum absolute atomic E-state index is 14.1. The van der Waals surface area contributed by atoms with Crippen LogP contribution in [0.1, 0.15) is 0 Å². The highest BCUT2D eigenvalue weighted by Gasteiger charge is 2.22. The topological polar surface area (TPSA) is 61.4 Å². The first kappa shape index (κ1) is 18.8. The molecule has 2 amide bonds. The summed E-state index contributed by atoms with van der Waals surface area (Å²) >= 11 is 0. The summed E-state index contributed by atoms with van der Waals surface area (Å²) in [4.78, 5) is 24.6. The zero-order valence-corrected chi connectivity index (χ0v) is 15.6. The van der Waals surface area contributed by atoms with Crippen molar-refractivity contribution in [2.45, 2.75) is 0 Å². The van der Waals surface area contributed by atoms with Gasteiger partial charge >= 0.3 is 6.03 Å². The fourth-order valence-electron chi connectivity index (χ4n) is 3.23. The van der Waals surface area contributed by atoms with Gasteiger partial charge in [-0.05, 0) is 36.4 Å². The van der Waals surface area contributed by atoms with E-state index >= 15 is 0 Å². The molecule has 0 aliphatic carbocycles. The fraction of sp³-hybridized carbons (Fsp3) is 0.190. The van der Waals surface area contributed by atoms with Gasteiger partial charge in [-0.15, -0.1) is 0 Å². The number of benzene rings is 1. The second kappa shape index (κ2) is 8.22. The normalized spacial score (nSPS) is 14.0. The van der Waals surface area contributed by atoms with Gasteiger partial charge in [0, 0.05) is 37.9 Å². The smallest absolute Gasteiger partial charge is 0.322 e. The van der Waals surface area contributed by atoms with Crippen LogP contribution in [0.5, 0.6) is 0 Å². The third-order valence-electron chi connectivity index (χ3n) is 4.77. The molecule has 2 aromatic heterocycles. The first-order valence-corrected chi connectivity index (χ1v) is 9.24. The minimum atomic E-state index is -0.908. The Balaban J connectivity index is 1.42. The number of anilines is 2. The van der Waals surface area contributed by atoms with Gasteiger partial charge in [0.15, 0.2) is 11.6 Å². The Bertz CT molecular complexity index is 1010. The van der Waals surface area contributed by atoms with Gasteiger partial charge in [-0.3, -0.25) is 4.98 Å². The van der Waals surface area contributed by atoms with E-state index in [0.717, 1.165) is 6.07 Å². The van der Waals surface area contributed by atoms with Crippen molar-refractivity contribution in [2.75, 3.05) is 36.4 Å². The summed E-state index contributed by atoms with van der Waals surface area (Å²) in [5.74, 6) is -1.14. The van der Waals surface area contributed by atoms with Gasteiger partial charge in [0.25, 0.3) is 0 Å². The van der Waals surface area contributed by atoms with Crippen molar-refractivity contribution in [2.24, 2.45) is 0 Å². The molecule has 3 aromatic rings. The van der Waals surface area contributed by atoms with Gasteiger partial charge in [0.05, 0.1) is 17.6 Å². The molecule has 0 radical (unpaired) electrons. The van der Waals surface area contributed by atoms with E-state index in [-0.39, 0.29) is 11.6 Å². The number of halogens is 2. The van der Waals surface area contributed by atoms with Gasteiger partial charge in [-0.1, -0.05) is 12.1 Å². The Labute approximate surface area is 166 Å².